The molecule has 2 aromatic carbocycles. The topological polar surface area (TPSA) is 142 Å². The number of pyridine rings is 1. The molecule has 3 heterocycles. The number of methoxy groups -OCH3 is 1. The monoisotopic (exact) mass is 669 g/mol. The van der Waals surface area contributed by atoms with Crippen LogP contribution < -0.4 is 11.1 Å². The molecular formula is C34H37Cl2N3O7. The lowest BCUT2D eigenvalue weighted by atomic mass is 9.80. The zero-order chi connectivity index (χ0) is 33.4. The van der Waals surface area contributed by atoms with Crippen molar-refractivity contribution in [2.24, 2.45) is 5.73 Å². The van der Waals surface area contributed by atoms with Crippen molar-refractivity contribution in [3.05, 3.63) is 115 Å². The van der Waals surface area contributed by atoms with Gasteiger partial charge in [0.05, 0.1) is 62.0 Å². The number of nitrogens with one attached hydrogen (secondary N) is 1. The van der Waals surface area contributed by atoms with E-state index in [2.05, 4.69) is 10.3 Å². The van der Waals surface area contributed by atoms with Gasteiger partial charge in [0.1, 0.15) is 11.9 Å². The summed E-state index contributed by atoms with van der Waals surface area (Å²) in [5.74, 6) is -1.62. The Bertz CT molecular complexity index is 1640. The van der Waals surface area contributed by atoms with E-state index in [1.807, 2.05) is 24.3 Å². The minimum Gasteiger partial charge on any atom is -0.506 e. The Balaban J connectivity index is 0.000000228. The number of fused-ring (bicyclic) bond motifs is 1. The number of benzene rings is 2. The van der Waals surface area contributed by atoms with Crippen molar-refractivity contribution in [2.75, 3.05) is 33.5 Å². The Morgan fingerprint density at radius 2 is 1.78 bits per heavy atom. The number of carbonyl (C=O) groups excluding carboxylic acids is 2. The molecule has 12 heteroatoms. The van der Waals surface area contributed by atoms with Crippen LogP contribution in [0.2, 0.25) is 10.0 Å². The zero-order valence-electron chi connectivity index (χ0n) is 26.1. The van der Waals surface area contributed by atoms with Gasteiger partial charge in [-0.15, -0.1) is 0 Å². The highest BCUT2D eigenvalue weighted by atomic mass is 35.5. The highest BCUT2D eigenvalue weighted by Gasteiger charge is 2.39. The van der Waals surface area contributed by atoms with Crippen LogP contribution in [0.4, 0.5) is 0 Å². The highest BCUT2D eigenvalue weighted by Crippen LogP contribution is 2.42. The maximum Gasteiger partial charge on any atom is 0.336 e. The van der Waals surface area contributed by atoms with Crippen LogP contribution in [0.25, 0.3) is 0 Å². The number of aromatic hydroxyl groups is 1. The van der Waals surface area contributed by atoms with Crippen molar-refractivity contribution in [3.8, 4) is 5.75 Å². The molecule has 2 atom stereocenters. The van der Waals surface area contributed by atoms with Gasteiger partial charge in [-0.2, -0.15) is 0 Å². The minimum absolute atomic E-state index is 0.109. The van der Waals surface area contributed by atoms with Crippen molar-refractivity contribution in [2.45, 2.75) is 39.4 Å². The van der Waals surface area contributed by atoms with E-state index in [0.29, 0.717) is 58.0 Å². The van der Waals surface area contributed by atoms with E-state index < -0.39 is 17.9 Å². The highest BCUT2D eigenvalue weighted by molar-refractivity contribution is 6.31. The zero-order valence-corrected chi connectivity index (χ0v) is 27.6. The number of carbonyl (C=O) groups is 2. The Hall–Kier alpha value is -3.93. The average molecular weight is 671 g/mol. The molecule has 10 nitrogen and oxygen atoms in total. The van der Waals surface area contributed by atoms with E-state index in [4.69, 9.17) is 47.9 Å². The number of aromatic nitrogens is 1. The normalized spacial score (nSPS) is 17.1. The van der Waals surface area contributed by atoms with E-state index in [-0.39, 0.29) is 30.6 Å². The summed E-state index contributed by atoms with van der Waals surface area (Å²) in [6, 6.07) is 14.6. The molecule has 0 spiro atoms. The first kappa shape index (κ1) is 34.9. The number of nitrogens with two attached hydrogens (primary N) is 1. The molecule has 0 saturated heterocycles. The molecule has 244 valence electrons. The van der Waals surface area contributed by atoms with Crippen LogP contribution in [0.5, 0.6) is 5.75 Å². The van der Waals surface area contributed by atoms with Crippen molar-refractivity contribution in [3.63, 3.8) is 0 Å². The molecule has 3 aromatic rings. The predicted molar refractivity (Wildman–Crippen MR) is 174 cm³/mol. The van der Waals surface area contributed by atoms with Gasteiger partial charge in [-0.1, -0.05) is 53.5 Å². The lowest BCUT2D eigenvalue weighted by molar-refractivity contribution is -0.139. The second-order valence-electron chi connectivity index (χ2n) is 10.4. The van der Waals surface area contributed by atoms with Gasteiger partial charge in [-0.05, 0) is 50.1 Å². The summed E-state index contributed by atoms with van der Waals surface area (Å²) in [5, 5.41) is 14.2. The van der Waals surface area contributed by atoms with Crippen molar-refractivity contribution < 1.29 is 33.6 Å². The van der Waals surface area contributed by atoms with E-state index in [1.54, 1.807) is 51.2 Å². The fourth-order valence-electron chi connectivity index (χ4n) is 5.33. The standard InChI is InChI=1S/C20H25ClN2O5.C14H12ClNO2/c1-4-28-20(25)18-15(11-27-10-9-22)23-12(2)16(19(24)26-3)17(18)13-7-5-6-8-14(13)21;1-8-13(17)12-7-18-14(11(12)6-16-8)9-2-4-10(15)5-3-9/h5-8,17,23H,4,9-11,22H2,1-3H3;2-6,14,17H,7H2,1H3. The summed E-state index contributed by atoms with van der Waals surface area (Å²) in [7, 11) is 1.29. The number of rotatable bonds is 9. The third-order valence-corrected chi connectivity index (χ3v) is 8.09. The van der Waals surface area contributed by atoms with Crippen molar-refractivity contribution >= 4 is 35.1 Å². The molecule has 0 radical (unpaired) electrons. The third kappa shape index (κ3) is 7.71. The summed E-state index contributed by atoms with van der Waals surface area (Å²) >= 11 is 12.3. The lowest BCUT2D eigenvalue weighted by Crippen LogP contribution is -2.35. The van der Waals surface area contributed by atoms with Gasteiger partial charge in [0.2, 0.25) is 0 Å². The largest absolute Gasteiger partial charge is 0.506 e. The second-order valence-corrected chi connectivity index (χ2v) is 11.3. The molecule has 0 bridgehead atoms. The predicted octanol–water partition coefficient (Wildman–Crippen LogP) is 5.63. The van der Waals surface area contributed by atoms with Crippen LogP contribution in [0.3, 0.4) is 0 Å². The number of nitrogens with zero attached hydrogens (tertiary/aromatic N) is 1. The molecule has 2 unspecified atom stereocenters. The summed E-state index contributed by atoms with van der Waals surface area (Å²) in [5.41, 5.74) is 11.1. The first-order valence-electron chi connectivity index (χ1n) is 14.7. The SMILES string of the molecule is CCOC(=O)C1=C(COCCN)NC(C)=C(C(=O)OC)C1c1ccccc1Cl.Cc1ncc2c(c1O)COC2c1ccc(Cl)cc1. The lowest BCUT2D eigenvalue weighted by Gasteiger charge is -2.31. The number of aryl methyl sites for hydroxylation is 1. The molecule has 2 aliphatic heterocycles. The number of halogens is 2. The number of hydrogen-bond donors (Lipinski definition) is 3. The maximum atomic E-state index is 12.9. The van der Waals surface area contributed by atoms with Crippen LogP contribution in [0.1, 0.15) is 53.8 Å². The molecular weight excluding hydrogens is 633 g/mol. The van der Waals surface area contributed by atoms with Crippen LogP contribution in [0.15, 0.2) is 77.3 Å². The van der Waals surface area contributed by atoms with Gasteiger partial charge in [0.25, 0.3) is 0 Å². The molecule has 2 aliphatic rings. The number of hydrogen-bond acceptors (Lipinski definition) is 10. The number of allylic oxidation sites excluding steroid dienone is 1. The van der Waals surface area contributed by atoms with E-state index in [0.717, 1.165) is 16.7 Å². The Labute approximate surface area is 278 Å². The number of dihydropyridines is 1. The number of esters is 2. The summed E-state index contributed by atoms with van der Waals surface area (Å²) in [4.78, 5) is 29.6. The number of ether oxygens (including phenoxy) is 4. The molecule has 0 fully saturated rings. The Kier molecular flexibility index (Phi) is 12.2. The van der Waals surface area contributed by atoms with Gasteiger partial charge in [0.15, 0.2) is 0 Å². The van der Waals surface area contributed by atoms with Crippen LogP contribution in [-0.4, -0.2) is 55.5 Å². The Morgan fingerprint density at radius 3 is 2.43 bits per heavy atom. The molecule has 0 aliphatic carbocycles. The first-order chi connectivity index (χ1) is 22.1. The first-order valence-corrected chi connectivity index (χ1v) is 15.4. The molecule has 5 rings (SSSR count). The van der Waals surface area contributed by atoms with Gasteiger partial charge in [-0.25, -0.2) is 9.59 Å². The van der Waals surface area contributed by atoms with Gasteiger partial charge in [-0.3, -0.25) is 4.98 Å². The molecule has 0 saturated carbocycles. The van der Waals surface area contributed by atoms with Crippen LogP contribution in [-0.2, 0) is 35.1 Å². The smallest absolute Gasteiger partial charge is 0.336 e. The molecule has 1 aromatic heterocycles. The summed E-state index contributed by atoms with van der Waals surface area (Å²) in [6.07, 6.45) is 1.60. The fraction of sp³-hybridized carbons (Fsp3) is 0.324. The van der Waals surface area contributed by atoms with Gasteiger partial charge < -0.3 is 35.1 Å². The van der Waals surface area contributed by atoms with Crippen LogP contribution >= 0.6 is 23.2 Å². The third-order valence-electron chi connectivity index (χ3n) is 7.49. The molecule has 0 amide bonds. The quantitative estimate of drug-likeness (QED) is 0.194. The van der Waals surface area contributed by atoms with E-state index in [9.17, 15) is 14.7 Å². The fourth-order valence-corrected chi connectivity index (χ4v) is 5.70. The average Bonchev–Trinajstić information content (AvgIpc) is 3.48. The van der Waals surface area contributed by atoms with Crippen molar-refractivity contribution in [1.29, 1.82) is 0 Å². The maximum absolute atomic E-state index is 12.9. The van der Waals surface area contributed by atoms with Gasteiger partial charge in [0, 0.05) is 39.6 Å². The van der Waals surface area contributed by atoms with Crippen molar-refractivity contribution in [1.82, 2.24) is 10.3 Å². The molecule has 46 heavy (non-hydrogen) atoms. The van der Waals surface area contributed by atoms with Gasteiger partial charge >= 0.3 is 11.9 Å². The van der Waals surface area contributed by atoms with E-state index >= 15 is 0 Å². The summed E-state index contributed by atoms with van der Waals surface area (Å²) < 4.78 is 21.5. The van der Waals surface area contributed by atoms with E-state index in [1.165, 1.54) is 7.11 Å². The second kappa shape index (κ2) is 16.1. The minimum atomic E-state index is -0.752. The summed E-state index contributed by atoms with van der Waals surface area (Å²) in [6.45, 7) is 6.61. The Morgan fingerprint density at radius 1 is 1.07 bits per heavy atom. The van der Waals surface area contributed by atoms with Crippen LogP contribution in [0, 0.1) is 6.92 Å². The molecule has 4 N–H and O–H groups in total.